The Morgan fingerprint density at radius 2 is 1.81 bits per heavy atom. The van der Waals surface area contributed by atoms with Gasteiger partial charge in [-0.2, -0.15) is 0 Å². The molecule has 2 aromatic carbocycles. The highest BCUT2D eigenvalue weighted by molar-refractivity contribution is 6.31. The highest BCUT2D eigenvalue weighted by atomic mass is 35.5. The van der Waals surface area contributed by atoms with Crippen LogP contribution in [0.1, 0.15) is 25.0 Å². The number of carbonyl (C=O) groups is 3. The predicted octanol–water partition coefficient (Wildman–Crippen LogP) is 2.96. The Morgan fingerprint density at radius 3 is 2.52 bits per heavy atom. The zero-order valence-electron chi connectivity index (χ0n) is 17.4. The number of amides is 3. The van der Waals surface area contributed by atoms with Gasteiger partial charge in [-0.05, 0) is 36.1 Å². The molecule has 3 heterocycles. The maximum atomic E-state index is 13.6. The number of nitrogens with one attached hydrogen (secondary N) is 2. The van der Waals surface area contributed by atoms with E-state index in [9.17, 15) is 14.4 Å². The van der Waals surface area contributed by atoms with Crippen LogP contribution >= 0.6 is 11.6 Å². The Kier molecular flexibility index (Phi) is 4.68. The number of nitrogens with zero attached hydrogens (tertiary/aromatic N) is 1. The van der Waals surface area contributed by atoms with E-state index in [2.05, 4.69) is 10.6 Å². The Hall–Kier alpha value is -2.70. The van der Waals surface area contributed by atoms with Crippen molar-refractivity contribution >= 4 is 35.0 Å². The molecule has 0 radical (unpaired) electrons. The highest BCUT2D eigenvalue weighted by Gasteiger charge is 2.70. The number of hydrogen-bond acceptors (Lipinski definition) is 4. The summed E-state index contributed by atoms with van der Waals surface area (Å²) in [7, 11) is 0. The van der Waals surface area contributed by atoms with Gasteiger partial charge in [0.1, 0.15) is 5.54 Å². The van der Waals surface area contributed by atoms with E-state index >= 15 is 0 Å². The van der Waals surface area contributed by atoms with Gasteiger partial charge in [0.25, 0.3) is 0 Å². The van der Waals surface area contributed by atoms with Crippen molar-refractivity contribution < 1.29 is 14.4 Å². The summed E-state index contributed by atoms with van der Waals surface area (Å²) >= 11 is 6.26. The van der Waals surface area contributed by atoms with Gasteiger partial charge in [-0.15, -0.1) is 0 Å². The lowest BCUT2D eigenvalue weighted by Gasteiger charge is -2.30. The summed E-state index contributed by atoms with van der Waals surface area (Å²) in [5.41, 5.74) is 1.06. The summed E-state index contributed by atoms with van der Waals surface area (Å²) in [6.07, 6.45) is 0.582. The van der Waals surface area contributed by atoms with Crippen LogP contribution in [0.15, 0.2) is 48.5 Å². The highest BCUT2D eigenvalue weighted by Crippen LogP contribution is 2.54. The molecule has 7 heteroatoms. The second-order valence-electron chi connectivity index (χ2n) is 8.93. The number of carbonyl (C=O) groups excluding carboxylic acids is 3. The average Bonchev–Trinajstić information content (AvgIpc) is 3.33. The molecule has 0 bridgehead atoms. The third-order valence-corrected chi connectivity index (χ3v) is 7.12. The number of anilines is 1. The Labute approximate surface area is 185 Å². The molecule has 0 saturated carbocycles. The number of fused-ring (bicyclic) bond motifs is 4. The fourth-order valence-corrected chi connectivity index (χ4v) is 5.62. The standard InChI is InChI=1S/C24H24ClN3O3/c1-13(2)20-18-19(22(30)28(21(18)29)11-10-14-6-4-3-5-7-14)24(27-20)16-12-15(25)8-9-17(16)26-23(24)31/h3-9,12-13,18-20,27H,10-11H2,1-2H3,(H,26,31)/t18-,19-,20+,24+/m0/s1. The van der Waals surface area contributed by atoms with Crippen LogP contribution in [0.25, 0.3) is 0 Å². The van der Waals surface area contributed by atoms with Gasteiger partial charge in [-0.25, -0.2) is 0 Å². The van der Waals surface area contributed by atoms with Gasteiger partial charge in [0.2, 0.25) is 17.7 Å². The molecule has 160 valence electrons. The SMILES string of the molecule is CC(C)[C@H]1N[C@@]2(C(=O)Nc3ccc(Cl)cc32)[C@@H]2C(=O)N(CCc3ccccc3)C(=O)[C@H]12. The first-order chi connectivity index (χ1) is 14.8. The third-order valence-electron chi connectivity index (χ3n) is 6.89. The van der Waals surface area contributed by atoms with Crippen molar-refractivity contribution in [3.05, 3.63) is 64.7 Å². The Bertz CT molecular complexity index is 1090. The first-order valence-corrected chi connectivity index (χ1v) is 11.0. The van der Waals surface area contributed by atoms with Crippen LogP contribution in [0.3, 0.4) is 0 Å². The molecule has 31 heavy (non-hydrogen) atoms. The molecule has 0 aromatic heterocycles. The Balaban J connectivity index is 1.55. The summed E-state index contributed by atoms with van der Waals surface area (Å²) < 4.78 is 0. The van der Waals surface area contributed by atoms with Crippen LogP contribution in [0.2, 0.25) is 5.02 Å². The fourth-order valence-electron chi connectivity index (χ4n) is 5.44. The number of likely N-dealkylation sites (tertiary alicyclic amines) is 1. The van der Waals surface area contributed by atoms with Crippen molar-refractivity contribution in [1.82, 2.24) is 10.2 Å². The average molecular weight is 438 g/mol. The van der Waals surface area contributed by atoms with Crippen LogP contribution < -0.4 is 10.6 Å². The van der Waals surface area contributed by atoms with E-state index in [0.29, 0.717) is 29.2 Å². The zero-order chi connectivity index (χ0) is 21.9. The van der Waals surface area contributed by atoms with E-state index in [1.807, 2.05) is 44.2 Å². The molecule has 6 nitrogen and oxygen atoms in total. The van der Waals surface area contributed by atoms with Gasteiger partial charge >= 0.3 is 0 Å². The van der Waals surface area contributed by atoms with E-state index < -0.39 is 17.4 Å². The summed E-state index contributed by atoms with van der Waals surface area (Å²) in [6, 6.07) is 14.7. The summed E-state index contributed by atoms with van der Waals surface area (Å²) in [4.78, 5) is 41.8. The molecule has 0 unspecified atom stereocenters. The molecule has 3 aliphatic rings. The molecule has 2 aromatic rings. The summed E-state index contributed by atoms with van der Waals surface area (Å²) in [6.45, 7) is 4.31. The van der Waals surface area contributed by atoms with E-state index in [1.165, 1.54) is 4.90 Å². The lowest BCUT2D eigenvalue weighted by molar-refractivity contribution is -0.142. The Morgan fingerprint density at radius 1 is 1.06 bits per heavy atom. The van der Waals surface area contributed by atoms with E-state index in [-0.39, 0.29) is 29.7 Å². The van der Waals surface area contributed by atoms with Crippen LogP contribution in [-0.4, -0.2) is 35.2 Å². The monoisotopic (exact) mass is 437 g/mol. The quantitative estimate of drug-likeness (QED) is 0.721. The maximum absolute atomic E-state index is 13.6. The van der Waals surface area contributed by atoms with Crippen molar-refractivity contribution in [2.45, 2.75) is 31.8 Å². The van der Waals surface area contributed by atoms with Crippen molar-refractivity contribution in [3.63, 3.8) is 0 Å². The van der Waals surface area contributed by atoms with Crippen molar-refractivity contribution in [2.75, 3.05) is 11.9 Å². The largest absolute Gasteiger partial charge is 0.324 e. The second kappa shape index (κ2) is 7.18. The number of halogens is 1. The smallest absolute Gasteiger partial charge is 0.250 e. The maximum Gasteiger partial charge on any atom is 0.250 e. The lowest BCUT2D eigenvalue weighted by Crippen LogP contribution is -2.54. The van der Waals surface area contributed by atoms with Crippen LogP contribution in [0.5, 0.6) is 0 Å². The minimum Gasteiger partial charge on any atom is -0.324 e. The van der Waals surface area contributed by atoms with Crippen LogP contribution in [0.4, 0.5) is 5.69 Å². The number of imide groups is 1. The minimum atomic E-state index is -1.28. The molecule has 5 rings (SSSR count). The number of rotatable bonds is 4. The van der Waals surface area contributed by atoms with Crippen LogP contribution in [0, 0.1) is 17.8 Å². The summed E-state index contributed by atoms with van der Waals surface area (Å²) in [5, 5.41) is 6.80. The molecule has 2 fully saturated rings. The minimum absolute atomic E-state index is 0.0636. The van der Waals surface area contributed by atoms with Crippen LogP contribution in [-0.2, 0) is 26.3 Å². The molecule has 0 aliphatic carbocycles. The van der Waals surface area contributed by atoms with Crippen molar-refractivity contribution in [1.29, 1.82) is 0 Å². The second-order valence-corrected chi connectivity index (χ2v) is 9.37. The van der Waals surface area contributed by atoms with E-state index in [4.69, 9.17) is 11.6 Å². The van der Waals surface area contributed by atoms with E-state index in [1.54, 1.807) is 18.2 Å². The van der Waals surface area contributed by atoms with Crippen molar-refractivity contribution in [3.8, 4) is 0 Å². The van der Waals surface area contributed by atoms with Gasteiger partial charge in [-0.3, -0.25) is 24.6 Å². The first-order valence-electron chi connectivity index (χ1n) is 10.6. The third kappa shape index (κ3) is 2.85. The zero-order valence-corrected chi connectivity index (χ0v) is 18.1. The molecule has 3 aliphatic heterocycles. The molecule has 3 amide bonds. The molecule has 2 N–H and O–H groups in total. The normalized spacial score (nSPS) is 29.1. The van der Waals surface area contributed by atoms with Gasteiger partial charge in [0.05, 0.1) is 11.8 Å². The van der Waals surface area contributed by atoms with Gasteiger partial charge in [0, 0.05) is 28.9 Å². The van der Waals surface area contributed by atoms with Gasteiger partial charge in [-0.1, -0.05) is 55.8 Å². The first kappa shape index (κ1) is 20.2. The fraction of sp³-hybridized carbons (Fsp3) is 0.375. The van der Waals surface area contributed by atoms with Gasteiger partial charge in [0.15, 0.2) is 0 Å². The van der Waals surface area contributed by atoms with Crippen molar-refractivity contribution in [2.24, 2.45) is 17.8 Å². The van der Waals surface area contributed by atoms with E-state index in [0.717, 1.165) is 5.56 Å². The lowest BCUT2D eigenvalue weighted by atomic mass is 9.76. The number of hydrogen-bond donors (Lipinski definition) is 2. The summed E-state index contributed by atoms with van der Waals surface area (Å²) in [5.74, 6) is -2.09. The molecular weight excluding hydrogens is 414 g/mol. The molecular formula is C24H24ClN3O3. The predicted molar refractivity (Wildman–Crippen MR) is 117 cm³/mol. The number of benzene rings is 2. The molecule has 1 spiro atoms. The topological polar surface area (TPSA) is 78.5 Å². The molecule has 2 saturated heterocycles. The molecule has 4 atom stereocenters. The van der Waals surface area contributed by atoms with Gasteiger partial charge < -0.3 is 5.32 Å².